The van der Waals surface area contributed by atoms with Crippen molar-refractivity contribution in [3.8, 4) is 0 Å². The van der Waals surface area contributed by atoms with Gasteiger partial charge in [-0.3, -0.25) is 10.1 Å². The normalized spacial score (nSPS) is 15.9. The zero-order valence-electron chi connectivity index (χ0n) is 11.5. The van der Waals surface area contributed by atoms with Crippen molar-refractivity contribution in [3.05, 3.63) is 40.7 Å². The summed E-state index contributed by atoms with van der Waals surface area (Å²) in [7, 11) is 0. The molecule has 0 bridgehead atoms. The quantitative estimate of drug-likeness (QED) is 0.933. The van der Waals surface area contributed by atoms with Gasteiger partial charge in [0.25, 0.3) is 5.91 Å². The number of nitrogens with zero attached hydrogens (tertiary/aromatic N) is 2. The molecule has 1 aromatic heterocycles. The van der Waals surface area contributed by atoms with Crippen LogP contribution in [0.4, 0.5) is 9.52 Å². The number of carbonyl (C=O) groups is 1. The molecule has 1 N–H and O–H groups in total. The number of nitrogens with one attached hydrogen (secondary N) is 1. The van der Waals surface area contributed by atoms with Crippen LogP contribution in [0.25, 0.3) is 0 Å². The summed E-state index contributed by atoms with van der Waals surface area (Å²) in [6.07, 6.45) is 6.00. The van der Waals surface area contributed by atoms with Crippen LogP contribution < -0.4 is 5.32 Å². The molecule has 1 aromatic carbocycles. The zero-order chi connectivity index (χ0) is 14.7. The van der Waals surface area contributed by atoms with E-state index in [-0.39, 0.29) is 5.56 Å². The molecule has 6 heteroatoms. The van der Waals surface area contributed by atoms with Gasteiger partial charge in [-0.2, -0.15) is 0 Å². The Hall–Kier alpha value is -1.82. The number of aromatic nitrogens is 2. The molecule has 0 radical (unpaired) electrons. The van der Waals surface area contributed by atoms with E-state index in [1.54, 1.807) is 12.1 Å². The first-order chi connectivity index (χ1) is 10.2. The van der Waals surface area contributed by atoms with Crippen molar-refractivity contribution in [2.75, 3.05) is 5.32 Å². The second kappa shape index (κ2) is 6.30. The number of hydrogen-bond donors (Lipinski definition) is 1. The fourth-order valence-electron chi connectivity index (χ4n) is 2.61. The van der Waals surface area contributed by atoms with E-state index in [2.05, 4.69) is 15.5 Å². The fraction of sp³-hybridized carbons (Fsp3) is 0.400. The molecule has 1 fully saturated rings. The second-order valence-electron chi connectivity index (χ2n) is 5.21. The molecule has 3 rings (SSSR count). The van der Waals surface area contributed by atoms with Crippen LogP contribution in [0.1, 0.15) is 53.4 Å². The minimum Gasteiger partial charge on any atom is -0.296 e. The third kappa shape index (κ3) is 3.26. The van der Waals surface area contributed by atoms with Crippen molar-refractivity contribution in [2.45, 2.75) is 38.0 Å². The lowest BCUT2D eigenvalue weighted by Gasteiger charge is -2.18. The maximum Gasteiger partial charge on any atom is 0.260 e. The van der Waals surface area contributed by atoms with Gasteiger partial charge in [0.15, 0.2) is 0 Å². The number of rotatable bonds is 3. The number of halogens is 1. The average Bonchev–Trinajstić information content (AvgIpc) is 2.97. The molecule has 2 aromatic rings. The van der Waals surface area contributed by atoms with Crippen molar-refractivity contribution in [1.29, 1.82) is 0 Å². The van der Waals surface area contributed by atoms with Gasteiger partial charge < -0.3 is 0 Å². The van der Waals surface area contributed by atoms with Gasteiger partial charge in [-0.15, -0.1) is 10.2 Å². The van der Waals surface area contributed by atoms with Gasteiger partial charge >= 0.3 is 0 Å². The molecule has 0 saturated heterocycles. The van der Waals surface area contributed by atoms with Crippen LogP contribution >= 0.6 is 11.3 Å². The first kappa shape index (κ1) is 14.1. The summed E-state index contributed by atoms with van der Waals surface area (Å²) in [5.41, 5.74) is 0.0203. The lowest BCUT2D eigenvalue weighted by atomic mass is 9.90. The highest BCUT2D eigenvalue weighted by Crippen LogP contribution is 2.35. The van der Waals surface area contributed by atoms with E-state index in [0.717, 1.165) is 17.8 Å². The van der Waals surface area contributed by atoms with E-state index in [4.69, 9.17) is 0 Å². The summed E-state index contributed by atoms with van der Waals surface area (Å²) in [4.78, 5) is 12.0. The summed E-state index contributed by atoms with van der Waals surface area (Å²) in [6, 6.07) is 5.90. The molecule has 0 atom stereocenters. The summed E-state index contributed by atoms with van der Waals surface area (Å²) in [6.45, 7) is 0. The fourth-order valence-corrected chi connectivity index (χ4v) is 3.52. The highest BCUT2D eigenvalue weighted by Gasteiger charge is 2.20. The van der Waals surface area contributed by atoms with Crippen LogP contribution in [0.3, 0.4) is 0 Å². The number of amides is 1. The van der Waals surface area contributed by atoms with Gasteiger partial charge in [0.05, 0.1) is 5.56 Å². The Kier molecular flexibility index (Phi) is 4.24. The number of carbonyl (C=O) groups excluding carboxylic acids is 1. The van der Waals surface area contributed by atoms with Crippen molar-refractivity contribution in [2.24, 2.45) is 0 Å². The Morgan fingerprint density at radius 1 is 1.19 bits per heavy atom. The SMILES string of the molecule is O=C(Nc1nnc(C2CCCCC2)s1)c1ccccc1F. The van der Waals surface area contributed by atoms with Crippen molar-refractivity contribution >= 4 is 22.4 Å². The maximum absolute atomic E-state index is 13.5. The largest absolute Gasteiger partial charge is 0.296 e. The third-order valence-electron chi connectivity index (χ3n) is 3.73. The molecule has 0 aliphatic heterocycles. The topological polar surface area (TPSA) is 54.9 Å². The molecule has 0 spiro atoms. The van der Waals surface area contributed by atoms with E-state index in [0.29, 0.717) is 11.0 Å². The Morgan fingerprint density at radius 2 is 1.95 bits per heavy atom. The predicted molar refractivity (Wildman–Crippen MR) is 80.1 cm³/mol. The molecule has 1 saturated carbocycles. The zero-order valence-corrected chi connectivity index (χ0v) is 12.3. The molecular formula is C15H16FN3OS. The van der Waals surface area contributed by atoms with Gasteiger partial charge in [-0.05, 0) is 25.0 Å². The molecular weight excluding hydrogens is 289 g/mol. The van der Waals surface area contributed by atoms with Crippen LogP contribution in [-0.2, 0) is 0 Å². The van der Waals surface area contributed by atoms with Gasteiger partial charge in [0, 0.05) is 5.92 Å². The smallest absolute Gasteiger partial charge is 0.260 e. The maximum atomic E-state index is 13.5. The first-order valence-corrected chi connectivity index (χ1v) is 7.95. The van der Waals surface area contributed by atoms with Gasteiger partial charge in [0.2, 0.25) is 5.13 Å². The monoisotopic (exact) mass is 305 g/mol. The number of benzene rings is 1. The lowest BCUT2D eigenvalue weighted by Crippen LogP contribution is -2.13. The summed E-state index contributed by atoms with van der Waals surface area (Å²) < 4.78 is 13.5. The second-order valence-corrected chi connectivity index (χ2v) is 6.22. The molecule has 1 heterocycles. The molecule has 110 valence electrons. The first-order valence-electron chi connectivity index (χ1n) is 7.13. The van der Waals surface area contributed by atoms with Crippen LogP contribution in [0.15, 0.2) is 24.3 Å². The van der Waals surface area contributed by atoms with E-state index in [1.807, 2.05) is 0 Å². The van der Waals surface area contributed by atoms with Crippen molar-refractivity contribution in [3.63, 3.8) is 0 Å². The van der Waals surface area contributed by atoms with Crippen molar-refractivity contribution in [1.82, 2.24) is 10.2 Å². The Morgan fingerprint density at radius 3 is 2.71 bits per heavy atom. The number of anilines is 1. The Bertz CT molecular complexity index is 637. The average molecular weight is 305 g/mol. The molecule has 4 nitrogen and oxygen atoms in total. The van der Waals surface area contributed by atoms with Gasteiger partial charge in [-0.1, -0.05) is 42.7 Å². The third-order valence-corrected chi connectivity index (χ3v) is 4.74. The molecule has 0 unspecified atom stereocenters. The van der Waals surface area contributed by atoms with E-state index in [1.165, 1.54) is 42.7 Å². The van der Waals surface area contributed by atoms with E-state index < -0.39 is 11.7 Å². The van der Waals surface area contributed by atoms with E-state index >= 15 is 0 Å². The van der Waals surface area contributed by atoms with Gasteiger partial charge in [0.1, 0.15) is 10.8 Å². The Labute approximate surface area is 126 Å². The molecule has 1 aliphatic carbocycles. The lowest BCUT2D eigenvalue weighted by molar-refractivity contribution is 0.102. The van der Waals surface area contributed by atoms with Crippen LogP contribution in [0, 0.1) is 5.82 Å². The summed E-state index contributed by atoms with van der Waals surface area (Å²) in [5.74, 6) is -0.568. The minimum atomic E-state index is -0.535. The minimum absolute atomic E-state index is 0.0203. The highest BCUT2D eigenvalue weighted by molar-refractivity contribution is 7.15. The van der Waals surface area contributed by atoms with E-state index in [9.17, 15) is 9.18 Å². The van der Waals surface area contributed by atoms with Crippen LogP contribution in [0.5, 0.6) is 0 Å². The summed E-state index contributed by atoms with van der Waals surface area (Å²) >= 11 is 1.39. The van der Waals surface area contributed by atoms with Gasteiger partial charge in [-0.25, -0.2) is 4.39 Å². The molecule has 21 heavy (non-hydrogen) atoms. The number of hydrogen-bond acceptors (Lipinski definition) is 4. The van der Waals surface area contributed by atoms with Crippen LogP contribution in [0.2, 0.25) is 0 Å². The standard InChI is InChI=1S/C15H16FN3OS/c16-12-9-5-4-8-11(12)13(20)17-15-19-18-14(21-15)10-6-2-1-3-7-10/h4-5,8-10H,1-3,6-7H2,(H,17,19,20). The molecule has 1 aliphatic rings. The highest BCUT2D eigenvalue weighted by atomic mass is 32.1. The van der Waals surface area contributed by atoms with Crippen LogP contribution in [-0.4, -0.2) is 16.1 Å². The predicted octanol–water partition coefficient (Wildman–Crippen LogP) is 3.98. The van der Waals surface area contributed by atoms with Crippen molar-refractivity contribution < 1.29 is 9.18 Å². The Balaban J connectivity index is 1.69. The summed E-state index contributed by atoms with van der Waals surface area (Å²) in [5, 5.41) is 12.2. The molecule has 1 amide bonds.